The highest BCUT2D eigenvalue weighted by Gasteiger charge is 2.65. The quantitative estimate of drug-likeness (QED) is 0.0277. The fourth-order valence-corrected chi connectivity index (χ4v) is 10.9. The van der Waals surface area contributed by atoms with Crippen molar-refractivity contribution in [2.75, 3.05) is 83.6 Å². The molecule has 0 saturated carbocycles. The van der Waals surface area contributed by atoms with E-state index in [1.807, 2.05) is 23.9 Å². The van der Waals surface area contributed by atoms with Crippen molar-refractivity contribution in [2.45, 2.75) is 91.8 Å². The number of imide groups is 1. The zero-order chi connectivity index (χ0) is 55.5. The molecule has 4 aliphatic heterocycles. The minimum Gasteiger partial charge on any atom is -0.492 e. The van der Waals surface area contributed by atoms with Gasteiger partial charge in [-0.3, -0.25) is 34.1 Å². The molecule has 1 aromatic heterocycles. The molecule has 3 saturated heterocycles. The van der Waals surface area contributed by atoms with Crippen LogP contribution in [0.15, 0.2) is 77.1 Å². The minimum atomic E-state index is -4.77. The van der Waals surface area contributed by atoms with Gasteiger partial charge in [0.15, 0.2) is 0 Å². The van der Waals surface area contributed by atoms with Crippen molar-refractivity contribution < 1.29 is 70.4 Å². The van der Waals surface area contributed by atoms with Gasteiger partial charge in [0.2, 0.25) is 17.7 Å². The molecule has 7 amide bonds. The molecule has 0 bridgehead atoms. The van der Waals surface area contributed by atoms with Crippen LogP contribution in [0.4, 0.5) is 28.6 Å². The molecule has 5 atom stereocenters. The zero-order valence-corrected chi connectivity index (χ0v) is 44.4. The summed E-state index contributed by atoms with van der Waals surface area (Å²) in [6, 6.07) is 13.4. The summed E-state index contributed by atoms with van der Waals surface area (Å²) in [7, 11) is 1.75. The van der Waals surface area contributed by atoms with Gasteiger partial charge in [-0.2, -0.15) is 24.9 Å². The molecule has 4 aliphatic rings. The summed E-state index contributed by atoms with van der Waals surface area (Å²) in [5.41, 5.74) is -2.19. The molecular formula is C51H63F3N10O12S2. The van der Waals surface area contributed by atoms with Gasteiger partial charge in [-0.25, -0.2) is 9.78 Å². The van der Waals surface area contributed by atoms with Gasteiger partial charge in [0.1, 0.15) is 30.0 Å². The minimum absolute atomic E-state index is 0.0102. The number of likely N-dealkylation sites (N-methyl/N-ethyl adjacent to an activating group) is 1. The number of hydrogen-bond acceptors (Lipinski definition) is 18. The largest absolute Gasteiger partial charge is 0.492 e. The number of nitrogens with one attached hydrogen (secondary N) is 6. The number of carbonyl (C=O) groups is 7. The topological polar surface area (TPSA) is 279 Å². The van der Waals surface area contributed by atoms with Gasteiger partial charge in [-0.05, 0) is 68.0 Å². The molecule has 7 rings (SSSR count). The Labute approximate surface area is 456 Å². The maximum atomic E-state index is 13.6. The van der Waals surface area contributed by atoms with E-state index < -0.39 is 47.3 Å². The molecule has 2 aromatic carbocycles. The van der Waals surface area contributed by atoms with Crippen LogP contribution in [0.5, 0.6) is 11.5 Å². The van der Waals surface area contributed by atoms with Gasteiger partial charge in [-0.15, -0.1) is 10.2 Å². The van der Waals surface area contributed by atoms with Gasteiger partial charge in [0.25, 0.3) is 11.1 Å². The van der Waals surface area contributed by atoms with Gasteiger partial charge in [-0.1, -0.05) is 42.4 Å². The average molecular weight is 1130 g/mol. The van der Waals surface area contributed by atoms with Crippen LogP contribution in [0.25, 0.3) is 0 Å². The molecule has 6 N–H and O–H groups in total. The number of aromatic nitrogens is 1. The summed E-state index contributed by atoms with van der Waals surface area (Å²) in [6.07, 6.45) is 0.606. The number of benzene rings is 2. The number of rotatable bonds is 33. The van der Waals surface area contributed by atoms with Crippen molar-refractivity contribution in [3.8, 4) is 11.5 Å². The maximum Gasteiger partial charge on any atom is 0.442 e. The number of esters is 1. The number of ether oxygens (including phenoxy) is 5. The highest BCUT2D eigenvalue weighted by atomic mass is 32.2. The molecule has 0 spiro atoms. The number of nitrogens with zero attached hydrogens (tertiary/aromatic N) is 4. The van der Waals surface area contributed by atoms with E-state index in [9.17, 15) is 46.7 Å². The summed E-state index contributed by atoms with van der Waals surface area (Å²) in [4.78, 5) is 93.5. The number of halogens is 3. The van der Waals surface area contributed by atoms with Gasteiger partial charge in [0.05, 0.1) is 56.7 Å². The van der Waals surface area contributed by atoms with Crippen LogP contribution in [0.2, 0.25) is 0 Å². The Balaban J connectivity index is 0.771. The number of amides is 7. The number of carbonyl (C=O) groups excluding carboxylic acids is 7. The molecule has 0 aliphatic carbocycles. The van der Waals surface area contributed by atoms with E-state index in [4.69, 9.17) is 23.7 Å². The number of thioether (sulfide) groups is 2. The average Bonchev–Trinajstić information content (AvgIpc) is 4.13. The van der Waals surface area contributed by atoms with E-state index >= 15 is 0 Å². The number of hydrogen-bond donors (Lipinski definition) is 6. The SMILES string of the molecule is CN(CCOc1ccc(CC2SC(=O)NC2=O)cc1)c1cc(OC(=O)C[C@@H](NC(=O)c2ccc(C3(C(F)(F)F)N=N3)cc2)C(=O)NCCCOCCOCCOCCCNC(=O)CCCC[C@@H]2SC[C@@H]3NC(=O)N[C@@H]32)ccn1. The Hall–Kier alpha value is -6.55. The fraction of sp³-hybridized carbons (Fsp3) is 0.529. The molecule has 422 valence electrons. The molecule has 3 fully saturated rings. The van der Waals surface area contributed by atoms with Crippen molar-refractivity contribution >= 4 is 70.2 Å². The Morgan fingerprint density at radius 3 is 2.19 bits per heavy atom. The predicted octanol–water partition coefficient (Wildman–Crippen LogP) is 4.55. The summed E-state index contributed by atoms with van der Waals surface area (Å²) in [5, 5.41) is 22.2. The molecule has 1 unspecified atom stereocenters. The Kier molecular flexibility index (Phi) is 21.9. The molecule has 3 aromatic rings. The summed E-state index contributed by atoms with van der Waals surface area (Å²) in [5.74, 6) is -0.714. The van der Waals surface area contributed by atoms with Crippen LogP contribution in [-0.2, 0) is 45.5 Å². The van der Waals surface area contributed by atoms with Gasteiger partial charge < -0.3 is 55.2 Å². The van der Waals surface area contributed by atoms with Crippen LogP contribution < -0.4 is 46.3 Å². The Morgan fingerprint density at radius 2 is 1.53 bits per heavy atom. The molecular weight excluding hydrogens is 1070 g/mol. The van der Waals surface area contributed by atoms with E-state index in [0.717, 1.165) is 66.6 Å². The van der Waals surface area contributed by atoms with E-state index in [1.54, 1.807) is 24.1 Å². The van der Waals surface area contributed by atoms with Crippen LogP contribution in [-0.4, -0.2) is 159 Å². The monoisotopic (exact) mass is 1130 g/mol. The van der Waals surface area contributed by atoms with Crippen LogP contribution in [0.1, 0.15) is 66.4 Å². The first-order chi connectivity index (χ1) is 37.6. The molecule has 78 heavy (non-hydrogen) atoms. The van der Waals surface area contributed by atoms with E-state index in [0.29, 0.717) is 82.0 Å². The number of urea groups is 1. The number of fused-ring (bicyclic) bond motifs is 1. The highest BCUT2D eigenvalue weighted by Crippen LogP contribution is 2.52. The van der Waals surface area contributed by atoms with E-state index in [2.05, 4.69) is 47.1 Å². The summed E-state index contributed by atoms with van der Waals surface area (Å²) < 4.78 is 69.0. The van der Waals surface area contributed by atoms with E-state index in [-0.39, 0.29) is 78.4 Å². The second kappa shape index (κ2) is 28.9. The van der Waals surface area contributed by atoms with Crippen LogP contribution in [0, 0.1) is 0 Å². The van der Waals surface area contributed by atoms with Gasteiger partial charge in [0, 0.05) is 74.2 Å². The third kappa shape index (κ3) is 17.7. The Morgan fingerprint density at radius 1 is 0.833 bits per heavy atom. The fourth-order valence-electron chi connectivity index (χ4n) is 8.45. The highest BCUT2D eigenvalue weighted by molar-refractivity contribution is 8.15. The third-order valence-electron chi connectivity index (χ3n) is 12.8. The number of alkyl halides is 3. The summed E-state index contributed by atoms with van der Waals surface area (Å²) >= 11 is 2.83. The van der Waals surface area contributed by atoms with Crippen LogP contribution in [0.3, 0.4) is 0 Å². The van der Waals surface area contributed by atoms with E-state index in [1.165, 1.54) is 18.3 Å². The zero-order valence-electron chi connectivity index (χ0n) is 42.8. The first-order valence-electron chi connectivity index (χ1n) is 25.6. The molecule has 5 heterocycles. The lowest BCUT2D eigenvalue weighted by Gasteiger charge is -2.20. The summed E-state index contributed by atoms with van der Waals surface area (Å²) in [6.45, 7) is 3.23. The third-order valence-corrected chi connectivity index (χ3v) is 15.3. The maximum absolute atomic E-state index is 13.6. The number of unbranched alkanes of at least 4 members (excludes halogenated alkanes) is 1. The van der Waals surface area contributed by atoms with Crippen molar-refractivity contribution in [3.63, 3.8) is 0 Å². The van der Waals surface area contributed by atoms with Crippen LogP contribution >= 0.6 is 23.5 Å². The second-order valence-corrected chi connectivity index (χ2v) is 21.0. The van der Waals surface area contributed by atoms with Crippen molar-refractivity contribution in [3.05, 3.63) is 83.6 Å². The van der Waals surface area contributed by atoms with Crippen molar-refractivity contribution in [2.24, 2.45) is 10.2 Å². The number of anilines is 1. The first kappa shape index (κ1) is 59.1. The first-order valence-corrected chi connectivity index (χ1v) is 27.5. The van der Waals surface area contributed by atoms with Crippen molar-refractivity contribution in [1.82, 2.24) is 36.9 Å². The normalized spacial score (nSPS) is 19.3. The Bertz CT molecular complexity index is 2580. The van der Waals surface area contributed by atoms with Gasteiger partial charge >= 0.3 is 23.8 Å². The lowest BCUT2D eigenvalue weighted by atomic mass is 10.0. The molecule has 0 radical (unpaired) electrons. The van der Waals surface area contributed by atoms with Crippen molar-refractivity contribution in [1.29, 1.82) is 0 Å². The second-order valence-electron chi connectivity index (χ2n) is 18.6. The lowest BCUT2D eigenvalue weighted by Crippen LogP contribution is -2.48. The number of pyridine rings is 1. The molecule has 22 nitrogen and oxygen atoms in total. The molecule has 27 heteroatoms. The predicted molar refractivity (Wildman–Crippen MR) is 280 cm³/mol. The lowest BCUT2D eigenvalue weighted by molar-refractivity contribution is -0.166. The smallest absolute Gasteiger partial charge is 0.442 e. The standard InChI is InChI=1S/C51H63F3N10O12S2/c1-64(20-23-75-35-14-8-32(9-15-35)28-40-47(69)61-49(71)78-40)41-29-36(16-19-55-41)76-43(66)30-37(58-45(67)33-10-12-34(13-11-33)50(62-63-50)51(52,53)54)46(68)57-18-5-22-73-25-27-74-26-24-72-21-4-17-56-42(65)7-3-2-6-39-44-38(31-77-39)59-48(70)60-44/h8-16,19,29,37-40,44H,2-7,17-18,20-28,30-31H2,1H3,(H,56,65)(H,57,68)(H,58,67)(H2,59,60,70)(H,61,69,71)/t37-,38+,39+,40?,44+/m1/s1.